The summed E-state index contributed by atoms with van der Waals surface area (Å²) in [6, 6.07) is 13.6. The minimum absolute atomic E-state index is 0.113. The smallest absolute Gasteiger partial charge is 0.265 e. The summed E-state index contributed by atoms with van der Waals surface area (Å²) in [5.74, 6) is 0.657. The maximum atomic E-state index is 12.5. The van der Waals surface area contributed by atoms with Crippen molar-refractivity contribution in [1.82, 2.24) is 0 Å². The second-order valence-corrected chi connectivity index (χ2v) is 5.52. The lowest BCUT2D eigenvalue weighted by Gasteiger charge is -2.19. The van der Waals surface area contributed by atoms with E-state index in [1.807, 2.05) is 70.2 Å². The van der Waals surface area contributed by atoms with E-state index in [4.69, 9.17) is 4.74 Å². The standard InChI is InChI=1S/C19H23NO2/c1-5-17(22-18-12-8-10-13(2)15(18)4)19(21)20-16-11-7-6-9-14(16)3/h6-12,17H,5H2,1-4H3,(H,20,21)/t17-/m0/s1. The van der Waals surface area contributed by atoms with Gasteiger partial charge in [-0.2, -0.15) is 0 Å². The molecule has 0 heterocycles. The van der Waals surface area contributed by atoms with Crippen LogP contribution in [0.4, 0.5) is 5.69 Å². The predicted octanol–water partition coefficient (Wildman–Crippen LogP) is 4.41. The lowest BCUT2D eigenvalue weighted by molar-refractivity contribution is -0.122. The minimum Gasteiger partial charge on any atom is -0.480 e. The van der Waals surface area contributed by atoms with E-state index in [0.717, 1.165) is 28.1 Å². The van der Waals surface area contributed by atoms with Gasteiger partial charge in [0.2, 0.25) is 0 Å². The summed E-state index contributed by atoms with van der Waals surface area (Å²) < 4.78 is 5.94. The first kappa shape index (κ1) is 16.1. The molecule has 2 aromatic rings. The van der Waals surface area contributed by atoms with Gasteiger partial charge in [0.05, 0.1) is 0 Å². The third-order valence-corrected chi connectivity index (χ3v) is 3.89. The Labute approximate surface area is 132 Å². The van der Waals surface area contributed by atoms with Crippen LogP contribution in [0.15, 0.2) is 42.5 Å². The number of ether oxygens (including phenoxy) is 1. The van der Waals surface area contributed by atoms with Crippen LogP contribution in [-0.4, -0.2) is 12.0 Å². The van der Waals surface area contributed by atoms with Crippen LogP contribution in [0.5, 0.6) is 5.75 Å². The summed E-state index contributed by atoms with van der Waals surface area (Å²) in [5, 5.41) is 2.95. The van der Waals surface area contributed by atoms with Crippen LogP contribution in [-0.2, 0) is 4.79 Å². The molecule has 0 saturated heterocycles. The molecule has 1 amide bonds. The number of carbonyl (C=O) groups excluding carboxylic acids is 1. The molecule has 0 saturated carbocycles. The maximum absolute atomic E-state index is 12.5. The highest BCUT2D eigenvalue weighted by Crippen LogP contribution is 2.23. The number of benzene rings is 2. The molecule has 0 aromatic heterocycles. The average Bonchev–Trinajstić information content (AvgIpc) is 2.51. The zero-order chi connectivity index (χ0) is 16.1. The Hall–Kier alpha value is -2.29. The van der Waals surface area contributed by atoms with Crippen molar-refractivity contribution in [3.05, 3.63) is 59.2 Å². The number of anilines is 1. The van der Waals surface area contributed by atoms with Crippen molar-refractivity contribution >= 4 is 11.6 Å². The van der Waals surface area contributed by atoms with Crippen LogP contribution in [0, 0.1) is 20.8 Å². The van der Waals surface area contributed by atoms with Gasteiger partial charge >= 0.3 is 0 Å². The highest BCUT2D eigenvalue weighted by Gasteiger charge is 2.20. The van der Waals surface area contributed by atoms with E-state index in [-0.39, 0.29) is 5.91 Å². The molecule has 0 aliphatic carbocycles. The molecule has 0 unspecified atom stereocenters. The van der Waals surface area contributed by atoms with E-state index < -0.39 is 6.10 Å². The van der Waals surface area contributed by atoms with Crippen LogP contribution in [0.25, 0.3) is 0 Å². The molecular formula is C19H23NO2. The van der Waals surface area contributed by atoms with Crippen molar-refractivity contribution in [2.75, 3.05) is 5.32 Å². The molecular weight excluding hydrogens is 274 g/mol. The van der Waals surface area contributed by atoms with E-state index in [1.54, 1.807) is 0 Å². The van der Waals surface area contributed by atoms with Gasteiger partial charge < -0.3 is 10.1 Å². The zero-order valence-corrected chi connectivity index (χ0v) is 13.6. The van der Waals surface area contributed by atoms with Gasteiger partial charge in [-0.05, 0) is 56.0 Å². The number of amides is 1. The zero-order valence-electron chi connectivity index (χ0n) is 13.6. The Kier molecular flexibility index (Phi) is 5.21. The van der Waals surface area contributed by atoms with Gasteiger partial charge in [0.15, 0.2) is 6.10 Å². The van der Waals surface area contributed by atoms with E-state index in [9.17, 15) is 4.79 Å². The molecule has 22 heavy (non-hydrogen) atoms. The second-order valence-electron chi connectivity index (χ2n) is 5.52. The maximum Gasteiger partial charge on any atom is 0.265 e. The average molecular weight is 297 g/mol. The van der Waals surface area contributed by atoms with Crippen LogP contribution in [0.1, 0.15) is 30.0 Å². The number of nitrogens with one attached hydrogen (secondary N) is 1. The summed E-state index contributed by atoms with van der Waals surface area (Å²) in [5.41, 5.74) is 4.10. The number of hydrogen-bond donors (Lipinski definition) is 1. The third kappa shape index (κ3) is 3.67. The Morgan fingerprint density at radius 2 is 1.73 bits per heavy atom. The Bertz CT molecular complexity index is 664. The first-order valence-corrected chi connectivity index (χ1v) is 7.62. The highest BCUT2D eigenvalue weighted by molar-refractivity contribution is 5.95. The van der Waals surface area contributed by atoms with Gasteiger partial charge in [0.25, 0.3) is 5.91 Å². The van der Waals surface area contributed by atoms with Gasteiger partial charge in [0, 0.05) is 5.69 Å². The summed E-state index contributed by atoms with van der Waals surface area (Å²) in [7, 11) is 0. The van der Waals surface area contributed by atoms with Gasteiger partial charge in [0.1, 0.15) is 5.75 Å². The third-order valence-electron chi connectivity index (χ3n) is 3.89. The molecule has 3 nitrogen and oxygen atoms in total. The second kappa shape index (κ2) is 7.12. The Morgan fingerprint density at radius 3 is 2.41 bits per heavy atom. The minimum atomic E-state index is -0.500. The van der Waals surface area contributed by atoms with E-state index in [2.05, 4.69) is 5.32 Å². The number of hydrogen-bond acceptors (Lipinski definition) is 2. The van der Waals surface area contributed by atoms with Crippen LogP contribution in [0.3, 0.4) is 0 Å². The molecule has 2 rings (SSSR count). The van der Waals surface area contributed by atoms with Crippen molar-refractivity contribution in [2.24, 2.45) is 0 Å². The summed E-state index contributed by atoms with van der Waals surface area (Å²) in [4.78, 5) is 12.5. The predicted molar refractivity (Wildman–Crippen MR) is 90.4 cm³/mol. The topological polar surface area (TPSA) is 38.3 Å². The quantitative estimate of drug-likeness (QED) is 0.888. The van der Waals surface area contributed by atoms with Crippen LogP contribution >= 0.6 is 0 Å². The molecule has 1 atom stereocenters. The summed E-state index contributed by atoms with van der Waals surface area (Å²) in [6.45, 7) is 7.97. The highest BCUT2D eigenvalue weighted by atomic mass is 16.5. The van der Waals surface area contributed by atoms with Gasteiger partial charge in [-0.3, -0.25) is 4.79 Å². The number of aryl methyl sites for hydroxylation is 2. The first-order valence-electron chi connectivity index (χ1n) is 7.62. The first-order chi connectivity index (χ1) is 10.5. The lowest BCUT2D eigenvalue weighted by Crippen LogP contribution is -2.32. The van der Waals surface area contributed by atoms with Gasteiger partial charge in [-0.25, -0.2) is 0 Å². The molecule has 0 aliphatic heterocycles. The fraction of sp³-hybridized carbons (Fsp3) is 0.316. The van der Waals surface area contributed by atoms with Crippen molar-refractivity contribution in [3.63, 3.8) is 0 Å². The molecule has 1 N–H and O–H groups in total. The molecule has 0 bridgehead atoms. The number of para-hydroxylation sites is 1. The SMILES string of the molecule is CC[C@H](Oc1cccc(C)c1C)C(=O)Nc1ccccc1C. The molecule has 0 spiro atoms. The normalized spacial score (nSPS) is 11.8. The monoisotopic (exact) mass is 297 g/mol. The Balaban J connectivity index is 2.13. The molecule has 116 valence electrons. The van der Waals surface area contributed by atoms with Crippen molar-refractivity contribution < 1.29 is 9.53 Å². The lowest BCUT2D eigenvalue weighted by atomic mass is 10.1. The van der Waals surface area contributed by atoms with E-state index in [1.165, 1.54) is 0 Å². The molecule has 0 fully saturated rings. The molecule has 2 aromatic carbocycles. The number of carbonyl (C=O) groups is 1. The van der Waals surface area contributed by atoms with E-state index >= 15 is 0 Å². The molecule has 0 radical (unpaired) electrons. The molecule has 3 heteroatoms. The summed E-state index contributed by atoms with van der Waals surface area (Å²) in [6.07, 6.45) is 0.116. The Morgan fingerprint density at radius 1 is 1.05 bits per heavy atom. The van der Waals surface area contributed by atoms with Gasteiger partial charge in [-0.1, -0.05) is 37.3 Å². The fourth-order valence-corrected chi connectivity index (χ4v) is 2.25. The van der Waals surface area contributed by atoms with Crippen molar-refractivity contribution in [1.29, 1.82) is 0 Å². The fourth-order valence-electron chi connectivity index (χ4n) is 2.25. The summed E-state index contributed by atoms with van der Waals surface area (Å²) >= 11 is 0. The molecule has 0 aliphatic rings. The van der Waals surface area contributed by atoms with Crippen molar-refractivity contribution in [3.8, 4) is 5.75 Å². The van der Waals surface area contributed by atoms with E-state index in [0.29, 0.717) is 6.42 Å². The number of rotatable bonds is 5. The van der Waals surface area contributed by atoms with Crippen LogP contribution in [0.2, 0.25) is 0 Å². The largest absolute Gasteiger partial charge is 0.480 e. The van der Waals surface area contributed by atoms with Crippen LogP contribution < -0.4 is 10.1 Å². The van der Waals surface area contributed by atoms with Gasteiger partial charge in [-0.15, -0.1) is 0 Å². The van der Waals surface area contributed by atoms with Crippen molar-refractivity contribution in [2.45, 2.75) is 40.2 Å².